The summed E-state index contributed by atoms with van der Waals surface area (Å²) in [5.74, 6) is 2.08. The van der Waals surface area contributed by atoms with E-state index in [1.165, 1.54) is 0 Å². The number of carbonyl (C=O) groups excluding carboxylic acids is 1. The molecule has 1 N–H and O–H groups in total. The third-order valence-corrected chi connectivity index (χ3v) is 3.59. The van der Waals surface area contributed by atoms with E-state index in [4.69, 9.17) is 8.83 Å². The zero-order valence-electron chi connectivity index (χ0n) is 13.4. The van der Waals surface area contributed by atoms with Gasteiger partial charge >= 0.3 is 0 Å². The van der Waals surface area contributed by atoms with Crippen molar-refractivity contribution in [2.45, 2.75) is 33.4 Å². The Balaban J connectivity index is 1.81. The fraction of sp³-hybridized carbons (Fsp3) is 0.294. The van der Waals surface area contributed by atoms with Crippen molar-refractivity contribution in [2.75, 3.05) is 0 Å². The van der Waals surface area contributed by atoms with E-state index in [0.29, 0.717) is 23.7 Å². The number of nitrogens with zero attached hydrogens (tertiary/aromatic N) is 2. The van der Waals surface area contributed by atoms with Gasteiger partial charge in [0.15, 0.2) is 11.5 Å². The lowest BCUT2D eigenvalue weighted by Gasteiger charge is -2.24. The second-order valence-electron chi connectivity index (χ2n) is 5.68. The molecule has 0 saturated heterocycles. The minimum absolute atomic E-state index is 0.0247. The van der Waals surface area contributed by atoms with Gasteiger partial charge in [0.05, 0.1) is 12.8 Å². The van der Waals surface area contributed by atoms with Crippen LogP contribution in [0, 0.1) is 6.92 Å². The van der Waals surface area contributed by atoms with Crippen molar-refractivity contribution >= 4 is 5.91 Å². The van der Waals surface area contributed by atoms with Crippen molar-refractivity contribution in [2.24, 2.45) is 0 Å². The Labute approximate surface area is 134 Å². The summed E-state index contributed by atoms with van der Waals surface area (Å²) < 4.78 is 10.9. The van der Waals surface area contributed by atoms with Gasteiger partial charge in [-0.2, -0.15) is 5.10 Å². The molecule has 120 valence electrons. The molecular formula is C17H19N3O3. The summed E-state index contributed by atoms with van der Waals surface area (Å²) in [6.45, 7) is 6.23. The average Bonchev–Trinajstić information content (AvgIpc) is 3.24. The number of hydrogen-bond donors (Lipinski definition) is 1. The molecule has 23 heavy (non-hydrogen) atoms. The number of amides is 1. The number of aromatic nitrogens is 2. The smallest absolute Gasteiger partial charge is 0.275 e. The summed E-state index contributed by atoms with van der Waals surface area (Å²) in [5, 5.41) is 6.95. The summed E-state index contributed by atoms with van der Waals surface area (Å²) in [7, 11) is 0. The van der Waals surface area contributed by atoms with Crippen LogP contribution in [0.1, 0.15) is 35.9 Å². The van der Waals surface area contributed by atoms with Crippen LogP contribution < -0.4 is 0 Å². The van der Waals surface area contributed by atoms with Crippen molar-refractivity contribution in [3.63, 3.8) is 0 Å². The van der Waals surface area contributed by atoms with Gasteiger partial charge in [-0.15, -0.1) is 0 Å². The molecule has 0 spiro atoms. The van der Waals surface area contributed by atoms with Gasteiger partial charge in [-0.25, -0.2) is 0 Å². The van der Waals surface area contributed by atoms with Crippen molar-refractivity contribution in [3.8, 4) is 11.5 Å². The Morgan fingerprint density at radius 3 is 2.78 bits per heavy atom. The largest absolute Gasteiger partial charge is 0.464 e. The molecule has 3 aromatic rings. The molecule has 0 aliphatic rings. The molecule has 3 aromatic heterocycles. The van der Waals surface area contributed by atoms with Gasteiger partial charge in [0.25, 0.3) is 5.91 Å². The molecule has 0 saturated carbocycles. The van der Waals surface area contributed by atoms with Gasteiger partial charge < -0.3 is 13.7 Å². The lowest BCUT2D eigenvalue weighted by atomic mass is 10.2. The minimum Gasteiger partial charge on any atom is -0.464 e. The first-order valence-electron chi connectivity index (χ1n) is 7.50. The van der Waals surface area contributed by atoms with Crippen LogP contribution in [0.25, 0.3) is 11.5 Å². The lowest BCUT2D eigenvalue weighted by molar-refractivity contribution is 0.0669. The van der Waals surface area contributed by atoms with E-state index in [2.05, 4.69) is 10.2 Å². The van der Waals surface area contributed by atoms with Crippen molar-refractivity contribution in [3.05, 3.63) is 53.8 Å². The number of carbonyl (C=O) groups is 1. The zero-order chi connectivity index (χ0) is 16.4. The van der Waals surface area contributed by atoms with E-state index in [0.717, 1.165) is 11.5 Å². The van der Waals surface area contributed by atoms with Gasteiger partial charge in [-0.3, -0.25) is 9.89 Å². The van der Waals surface area contributed by atoms with Gasteiger partial charge in [0.2, 0.25) is 0 Å². The summed E-state index contributed by atoms with van der Waals surface area (Å²) in [5.41, 5.74) is 1.03. The molecule has 0 aliphatic carbocycles. The van der Waals surface area contributed by atoms with Crippen LogP contribution in [0.3, 0.4) is 0 Å². The monoisotopic (exact) mass is 313 g/mol. The highest BCUT2D eigenvalue weighted by atomic mass is 16.3. The van der Waals surface area contributed by atoms with Crippen LogP contribution in [-0.2, 0) is 6.54 Å². The first kappa shape index (κ1) is 15.1. The Morgan fingerprint density at radius 1 is 1.35 bits per heavy atom. The Hall–Kier alpha value is -2.76. The molecule has 0 atom stereocenters. The van der Waals surface area contributed by atoms with E-state index in [9.17, 15) is 4.79 Å². The van der Waals surface area contributed by atoms with Crippen LogP contribution >= 0.6 is 0 Å². The van der Waals surface area contributed by atoms with Gasteiger partial charge in [-0.1, -0.05) is 0 Å². The third kappa shape index (κ3) is 3.21. The van der Waals surface area contributed by atoms with Gasteiger partial charge in [-0.05, 0) is 45.0 Å². The molecule has 0 aliphatic heterocycles. The second-order valence-corrected chi connectivity index (χ2v) is 5.68. The number of H-pyrrole nitrogens is 1. The van der Waals surface area contributed by atoms with E-state index >= 15 is 0 Å². The number of hydrogen-bond acceptors (Lipinski definition) is 4. The molecule has 0 bridgehead atoms. The molecule has 0 unspecified atom stereocenters. The number of aromatic amines is 1. The van der Waals surface area contributed by atoms with Crippen molar-refractivity contribution in [1.29, 1.82) is 0 Å². The Morgan fingerprint density at radius 2 is 2.17 bits per heavy atom. The van der Waals surface area contributed by atoms with Crippen LogP contribution in [0.15, 0.2) is 45.4 Å². The average molecular weight is 313 g/mol. The van der Waals surface area contributed by atoms with Crippen LogP contribution in [-0.4, -0.2) is 27.0 Å². The van der Waals surface area contributed by atoms with Crippen molar-refractivity contribution < 1.29 is 13.6 Å². The third-order valence-electron chi connectivity index (χ3n) is 3.59. The SMILES string of the molecule is Cc1ccc(CN(C(=O)c2cc(-c3ccco3)[nH]n2)C(C)C)o1. The summed E-state index contributed by atoms with van der Waals surface area (Å²) in [6.07, 6.45) is 1.58. The minimum atomic E-state index is -0.150. The predicted octanol–water partition coefficient (Wildman–Crippen LogP) is 3.62. The molecule has 6 nitrogen and oxygen atoms in total. The number of furan rings is 2. The highest BCUT2D eigenvalue weighted by Crippen LogP contribution is 2.20. The zero-order valence-corrected chi connectivity index (χ0v) is 13.4. The maximum atomic E-state index is 12.8. The first-order chi connectivity index (χ1) is 11.0. The van der Waals surface area contributed by atoms with E-state index < -0.39 is 0 Å². The first-order valence-corrected chi connectivity index (χ1v) is 7.50. The molecule has 0 aromatic carbocycles. The molecular weight excluding hydrogens is 294 g/mol. The Kier molecular flexibility index (Phi) is 4.06. The molecule has 0 radical (unpaired) electrons. The molecule has 1 amide bonds. The van der Waals surface area contributed by atoms with E-state index in [1.54, 1.807) is 23.3 Å². The summed E-state index contributed by atoms with van der Waals surface area (Å²) in [6, 6.07) is 9.10. The molecule has 6 heteroatoms. The number of nitrogens with one attached hydrogen (secondary N) is 1. The molecule has 3 heterocycles. The van der Waals surface area contributed by atoms with Crippen LogP contribution in [0.4, 0.5) is 0 Å². The highest BCUT2D eigenvalue weighted by molar-refractivity contribution is 5.93. The number of aryl methyl sites for hydroxylation is 1. The molecule has 0 fully saturated rings. The van der Waals surface area contributed by atoms with E-state index in [1.807, 2.05) is 39.0 Å². The maximum absolute atomic E-state index is 12.8. The fourth-order valence-electron chi connectivity index (χ4n) is 2.36. The Bertz CT molecular complexity index is 784. The normalized spacial score (nSPS) is 11.1. The van der Waals surface area contributed by atoms with Crippen LogP contribution in [0.2, 0.25) is 0 Å². The second kappa shape index (κ2) is 6.16. The molecule has 3 rings (SSSR count). The van der Waals surface area contributed by atoms with Gasteiger partial charge in [0.1, 0.15) is 17.2 Å². The maximum Gasteiger partial charge on any atom is 0.275 e. The topological polar surface area (TPSA) is 75.3 Å². The van der Waals surface area contributed by atoms with Crippen molar-refractivity contribution in [1.82, 2.24) is 15.1 Å². The predicted molar refractivity (Wildman–Crippen MR) is 84.7 cm³/mol. The quantitative estimate of drug-likeness (QED) is 0.780. The number of rotatable bonds is 5. The highest BCUT2D eigenvalue weighted by Gasteiger charge is 2.23. The van der Waals surface area contributed by atoms with Crippen LogP contribution in [0.5, 0.6) is 0 Å². The fourth-order valence-corrected chi connectivity index (χ4v) is 2.36. The van der Waals surface area contributed by atoms with Gasteiger partial charge in [0, 0.05) is 12.1 Å². The lowest BCUT2D eigenvalue weighted by Crippen LogP contribution is -2.36. The standard InChI is InChI=1S/C17H19N3O3/c1-11(2)20(10-13-7-6-12(3)23-13)17(21)15-9-14(18-19-15)16-5-4-8-22-16/h4-9,11H,10H2,1-3H3,(H,18,19). The van der Waals surface area contributed by atoms with E-state index in [-0.39, 0.29) is 11.9 Å². The summed E-state index contributed by atoms with van der Waals surface area (Å²) in [4.78, 5) is 14.5. The summed E-state index contributed by atoms with van der Waals surface area (Å²) >= 11 is 0.